The van der Waals surface area contributed by atoms with Gasteiger partial charge in [0, 0.05) is 28.9 Å². The van der Waals surface area contributed by atoms with Crippen LogP contribution in [0.5, 0.6) is 0 Å². The van der Waals surface area contributed by atoms with Crippen molar-refractivity contribution in [2.45, 2.75) is 11.8 Å². The van der Waals surface area contributed by atoms with E-state index in [9.17, 15) is 8.42 Å². The summed E-state index contributed by atoms with van der Waals surface area (Å²) in [6, 6.07) is 22.3. The molecule has 0 aliphatic heterocycles. The van der Waals surface area contributed by atoms with Gasteiger partial charge < -0.3 is 5.32 Å². The number of nitrogens with zero attached hydrogens (tertiary/aromatic N) is 3. The predicted octanol–water partition coefficient (Wildman–Crippen LogP) is 5.03. The number of para-hydroxylation sites is 1. The van der Waals surface area contributed by atoms with E-state index in [4.69, 9.17) is 4.98 Å². The lowest BCUT2D eigenvalue weighted by Crippen LogP contribution is -2.14. The van der Waals surface area contributed by atoms with Gasteiger partial charge in [0.15, 0.2) is 0 Å². The van der Waals surface area contributed by atoms with Gasteiger partial charge in [-0.05, 0) is 55.5 Å². The normalized spacial score (nSPS) is 11.5. The minimum Gasteiger partial charge on any atom is -0.354 e. The lowest BCUT2D eigenvalue weighted by atomic mass is 10.1. The van der Waals surface area contributed by atoms with E-state index in [1.807, 2.05) is 43.3 Å². The van der Waals surface area contributed by atoms with Gasteiger partial charge in [-0.3, -0.25) is 0 Å². The summed E-state index contributed by atoms with van der Waals surface area (Å²) in [5, 5.41) is 5.46. The van der Waals surface area contributed by atoms with Gasteiger partial charge in [0.25, 0.3) is 10.0 Å². The van der Waals surface area contributed by atoms with Crippen LogP contribution in [-0.2, 0) is 10.0 Å². The number of pyridine rings is 1. The zero-order valence-electron chi connectivity index (χ0n) is 17.1. The summed E-state index contributed by atoms with van der Waals surface area (Å²) in [6.07, 6.45) is 2.95. The van der Waals surface area contributed by atoms with Gasteiger partial charge in [-0.25, -0.2) is 28.1 Å². The van der Waals surface area contributed by atoms with Crippen molar-refractivity contribution in [2.24, 2.45) is 0 Å². The minimum absolute atomic E-state index is 0.0276. The van der Waals surface area contributed by atoms with Crippen LogP contribution >= 0.6 is 0 Å². The first kappa shape index (κ1) is 19.9. The Bertz CT molecular complexity index is 1540. The van der Waals surface area contributed by atoms with Gasteiger partial charge in [-0.2, -0.15) is 0 Å². The number of rotatable bonds is 5. The topological polar surface area (TPSA) is 96.9 Å². The number of benzene rings is 3. The summed E-state index contributed by atoms with van der Waals surface area (Å²) in [6.45, 7) is 2.04. The third kappa shape index (κ3) is 3.83. The van der Waals surface area contributed by atoms with Gasteiger partial charge in [-0.15, -0.1) is 0 Å². The quantitative estimate of drug-likeness (QED) is 0.371. The summed E-state index contributed by atoms with van der Waals surface area (Å²) in [7, 11) is -3.79. The van der Waals surface area contributed by atoms with Crippen molar-refractivity contribution in [2.75, 3.05) is 10.0 Å². The molecule has 0 aliphatic carbocycles. The molecular formula is C24H19N5O2S. The number of anilines is 3. The van der Waals surface area contributed by atoms with Crippen molar-refractivity contribution >= 4 is 49.2 Å². The van der Waals surface area contributed by atoms with Gasteiger partial charge in [0.2, 0.25) is 5.95 Å². The Labute approximate surface area is 185 Å². The minimum atomic E-state index is -3.79. The SMILES string of the molecule is Cc1ccc2nc3ccccc3c(Nc3ccc(S(=O)(=O)Nc4ncccn4)cc3)c2c1. The van der Waals surface area contributed by atoms with Crippen LogP contribution in [0.3, 0.4) is 0 Å². The lowest BCUT2D eigenvalue weighted by Gasteiger charge is -2.14. The highest BCUT2D eigenvalue weighted by molar-refractivity contribution is 7.92. The van der Waals surface area contributed by atoms with Gasteiger partial charge in [0.1, 0.15) is 0 Å². The number of fused-ring (bicyclic) bond motifs is 2. The Balaban J connectivity index is 1.51. The molecule has 2 heterocycles. The van der Waals surface area contributed by atoms with Crippen molar-refractivity contribution in [3.8, 4) is 0 Å². The average Bonchev–Trinajstić information content (AvgIpc) is 2.80. The molecule has 7 nitrogen and oxygen atoms in total. The fourth-order valence-electron chi connectivity index (χ4n) is 3.53. The molecular weight excluding hydrogens is 422 g/mol. The van der Waals surface area contributed by atoms with Crippen molar-refractivity contribution in [1.82, 2.24) is 15.0 Å². The van der Waals surface area contributed by atoms with Crippen LogP contribution in [0, 0.1) is 6.92 Å². The molecule has 0 atom stereocenters. The summed E-state index contributed by atoms with van der Waals surface area (Å²) in [5.41, 5.74) is 4.61. The van der Waals surface area contributed by atoms with Crippen LogP contribution in [0.1, 0.15) is 5.56 Å². The highest BCUT2D eigenvalue weighted by Crippen LogP contribution is 2.33. The predicted molar refractivity (Wildman–Crippen MR) is 127 cm³/mol. The molecule has 0 spiro atoms. The highest BCUT2D eigenvalue weighted by atomic mass is 32.2. The Hall–Kier alpha value is -4.04. The summed E-state index contributed by atoms with van der Waals surface area (Å²) < 4.78 is 27.7. The van der Waals surface area contributed by atoms with Crippen molar-refractivity contribution in [3.63, 3.8) is 0 Å². The monoisotopic (exact) mass is 441 g/mol. The Kier molecular flexibility index (Phi) is 4.91. The molecule has 2 N–H and O–H groups in total. The molecule has 0 aliphatic rings. The smallest absolute Gasteiger partial charge is 0.264 e. The summed E-state index contributed by atoms with van der Waals surface area (Å²) in [5.74, 6) is 0.0276. The van der Waals surface area contributed by atoms with Crippen molar-refractivity contribution < 1.29 is 8.42 Å². The van der Waals surface area contributed by atoms with Crippen LogP contribution < -0.4 is 10.0 Å². The van der Waals surface area contributed by atoms with Gasteiger partial charge in [-0.1, -0.05) is 29.8 Å². The number of sulfonamides is 1. The van der Waals surface area contributed by atoms with Crippen molar-refractivity contribution in [3.05, 3.63) is 90.8 Å². The maximum absolute atomic E-state index is 12.6. The molecule has 0 bridgehead atoms. The first-order valence-electron chi connectivity index (χ1n) is 9.96. The Morgan fingerprint density at radius 3 is 2.28 bits per heavy atom. The van der Waals surface area contributed by atoms with E-state index in [2.05, 4.69) is 26.1 Å². The molecule has 32 heavy (non-hydrogen) atoms. The van der Waals surface area contributed by atoms with E-state index in [1.165, 1.54) is 12.4 Å². The summed E-state index contributed by atoms with van der Waals surface area (Å²) in [4.78, 5) is 12.7. The number of nitrogens with one attached hydrogen (secondary N) is 2. The van der Waals surface area contributed by atoms with Crippen LogP contribution in [0.4, 0.5) is 17.3 Å². The third-order valence-corrected chi connectivity index (χ3v) is 6.41. The number of hydrogen-bond donors (Lipinski definition) is 2. The second kappa shape index (κ2) is 7.90. The maximum Gasteiger partial charge on any atom is 0.264 e. The zero-order chi connectivity index (χ0) is 22.1. The molecule has 5 aromatic rings. The second-order valence-electron chi connectivity index (χ2n) is 7.35. The molecule has 5 rings (SSSR count). The number of aryl methyl sites for hydroxylation is 1. The fourth-order valence-corrected chi connectivity index (χ4v) is 4.49. The largest absolute Gasteiger partial charge is 0.354 e. The van der Waals surface area contributed by atoms with Crippen LogP contribution in [-0.4, -0.2) is 23.4 Å². The maximum atomic E-state index is 12.6. The molecule has 8 heteroatoms. The number of aromatic nitrogens is 3. The molecule has 3 aromatic carbocycles. The Morgan fingerprint density at radius 2 is 1.50 bits per heavy atom. The van der Waals surface area contributed by atoms with E-state index in [0.717, 1.165) is 38.7 Å². The molecule has 0 amide bonds. The van der Waals surface area contributed by atoms with Crippen molar-refractivity contribution in [1.29, 1.82) is 0 Å². The van der Waals surface area contributed by atoms with E-state index in [1.54, 1.807) is 30.3 Å². The third-order valence-electron chi connectivity index (χ3n) is 5.06. The lowest BCUT2D eigenvalue weighted by molar-refractivity contribution is 0.601. The molecule has 0 fully saturated rings. The zero-order valence-corrected chi connectivity index (χ0v) is 18.0. The Morgan fingerprint density at radius 1 is 0.781 bits per heavy atom. The van der Waals surface area contributed by atoms with Crippen LogP contribution in [0.15, 0.2) is 90.1 Å². The molecule has 2 aromatic heterocycles. The number of hydrogen-bond acceptors (Lipinski definition) is 6. The van der Waals surface area contributed by atoms with E-state index >= 15 is 0 Å². The van der Waals surface area contributed by atoms with E-state index in [0.29, 0.717) is 0 Å². The molecule has 158 valence electrons. The fraction of sp³-hybridized carbons (Fsp3) is 0.0417. The molecule has 0 radical (unpaired) electrons. The van der Waals surface area contributed by atoms with Crippen LogP contribution in [0.2, 0.25) is 0 Å². The van der Waals surface area contributed by atoms with E-state index < -0.39 is 10.0 Å². The van der Waals surface area contributed by atoms with Gasteiger partial charge >= 0.3 is 0 Å². The van der Waals surface area contributed by atoms with E-state index in [-0.39, 0.29) is 10.8 Å². The van der Waals surface area contributed by atoms with Gasteiger partial charge in [0.05, 0.1) is 21.6 Å². The van der Waals surface area contributed by atoms with Crippen LogP contribution in [0.25, 0.3) is 21.8 Å². The standard InChI is InChI=1S/C24H19N5O2S/c1-16-7-12-22-20(15-16)23(19-5-2-3-6-21(19)28-22)27-17-8-10-18(11-9-17)32(30,31)29-24-25-13-4-14-26-24/h2-15H,1H3,(H,27,28)(H,25,26,29). The molecule has 0 saturated carbocycles. The summed E-state index contributed by atoms with van der Waals surface area (Å²) >= 11 is 0. The first-order valence-corrected chi connectivity index (χ1v) is 11.4. The first-order chi connectivity index (χ1) is 15.5. The average molecular weight is 442 g/mol. The second-order valence-corrected chi connectivity index (χ2v) is 9.03. The molecule has 0 saturated heterocycles. The highest BCUT2D eigenvalue weighted by Gasteiger charge is 2.16. The molecule has 0 unspecified atom stereocenters.